The molecule has 1 atom stereocenters. The van der Waals surface area contributed by atoms with Gasteiger partial charge in [-0.15, -0.1) is 11.3 Å². The highest BCUT2D eigenvalue weighted by Crippen LogP contribution is 2.30. The molecule has 2 heterocycles. The van der Waals surface area contributed by atoms with Crippen molar-refractivity contribution in [3.8, 4) is 5.75 Å². The highest BCUT2D eigenvalue weighted by molar-refractivity contribution is 7.09. The van der Waals surface area contributed by atoms with E-state index in [1.807, 2.05) is 18.4 Å². The molecule has 0 saturated heterocycles. The SMILES string of the molecule is CCCCOC(=O)c1cccc2c1OB(O)[C@@H](NC(=O)CCc1nccs1)C2. The summed E-state index contributed by atoms with van der Waals surface area (Å²) in [5.41, 5.74) is 1.04. The largest absolute Gasteiger partial charge is 0.547 e. The predicted molar refractivity (Wildman–Crippen MR) is 106 cm³/mol. The lowest BCUT2D eigenvalue weighted by atomic mass is 9.72. The van der Waals surface area contributed by atoms with Crippen molar-refractivity contribution >= 4 is 30.3 Å². The summed E-state index contributed by atoms with van der Waals surface area (Å²) in [5, 5.41) is 15.9. The van der Waals surface area contributed by atoms with E-state index in [-0.39, 0.29) is 12.3 Å². The first-order chi connectivity index (χ1) is 13.6. The summed E-state index contributed by atoms with van der Waals surface area (Å²) >= 11 is 1.50. The van der Waals surface area contributed by atoms with Crippen LogP contribution in [-0.2, 0) is 22.4 Å². The van der Waals surface area contributed by atoms with Crippen LogP contribution < -0.4 is 9.97 Å². The van der Waals surface area contributed by atoms with E-state index in [4.69, 9.17) is 9.39 Å². The first-order valence-corrected chi connectivity index (χ1v) is 10.3. The number of hydrogen-bond donors (Lipinski definition) is 2. The molecule has 1 aromatic heterocycles. The third-order valence-electron chi connectivity index (χ3n) is 4.47. The Morgan fingerprint density at radius 3 is 3.07 bits per heavy atom. The van der Waals surface area contributed by atoms with E-state index >= 15 is 0 Å². The molecule has 0 aliphatic carbocycles. The number of unbranched alkanes of at least 4 members (excludes halogenated alkanes) is 1. The van der Waals surface area contributed by atoms with Gasteiger partial charge >= 0.3 is 13.1 Å². The van der Waals surface area contributed by atoms with E-state index in [0.717, 1.165) is 23.4 Å². The van der Waals surface area contributed by atoms with Crippen LogP contribution in [0.1, 0.15) is 47.1 Å². The van der Waals surface area contributed by atoms with Gasteiger partial charge in [0.1, 0.15) is 11.3 Å². The quantitative estimate of drug-likeness (QED) is 0.399. The van der Waals surface area contributed by atoms with Gasteiger partial charge in [0, 0.05) is 24.4 Å². The Morgan fingerprint density at radius 2 is 2.32 bits per heavy atom. The maximum absolute atomic E-state index is 12.3. The molecule has 3 rings (SSSR count). The Hall–Kier alpha value is -2.39. The van der Waals surface area contributed by atoms with Crippen molar-refractivity contribution in [1.82, 2.24) is 10.3 Å². The van der Waals surface area contributed by atoms with Crippen molar-refractivity contribution in [3.63, 3.8) is 0 Å². The van der Waals surface area contributed by atoms with Crippen LogP contribution in [0.5, 0.6) is 5.75 Å². The topological polar surface area (TPSA) is 97.8 Å². The fourth-order valence-corrected chi connectivity index (χ4v) is 3.59. The van der Waals surface area contributed by atoms with Crippen molar-refractivity contribution in [2.24, 2.45) is 0 Å². The molecule has 0 fully saturated rings. The number of rotatable bonds is 8. The van der Waals surface area contributed by atoms with Gasteiger partial charge in [-0.25, -0.2) is 9.78 Å². The second-order valence-electron chi connectivity index (χ2n) is 6.60. The summed E-state index contributed by atoms with van der Waals surface area (Å²) < 4.78 is 10.8. The highest BCUT2D eigenvalue weighted by atomic mass is 32.1. The molecular weight excluding hydrogens is 379 g/mol. The van der Waals surface area contributed by atoms with Gasteiger partial charge in [0.2, 0.25) is 5.91 Å². The van der Waals surface area contributed by atoms with E-state index in [1.54, 1.807) is 18.3 Å². The molecule has 9 heteroatoms. The molecule has 7 nitrogen and oxygen atoms in total. The second kappa shape index (κ2) is 9.70. The van der Waals surface area contributed by atoms with E-state index < -0.39 is 19.0 Å². The molecule has 1 aliphatic rings. The Kier molecular flexibility index (Phi) is 7.05. The van der Waals surface area contributed by atoms with E-state index in [0.29, 0.717) is 30.8 Å². The lowest BCUT2D eigenvalue weighted by Gasteiger charge is -2.29. The number of aromatic nitrogens is 1. The summed E-state index contributed by atoms with van der Waals surface area (Å²) in [6.07, 6.45) is 4.64. The number of nitrogens with zero attached hydrogens (tertiary/aromatic N) is 1. The zero-order valence-corrected chi connectivity index (χ0v) is 16.5. The summed E-state index contributed by atoms with van der Waals surface area (Å²) in [5.74, 6) is -0.905. The number of benzene rings is 1. The minimum atomic E-state index is -1.24. The Morgan fingerprint density at radius 1 is 1.46 bits per heavy atom. The molecular formula is C19H23BN2O5S. The molecule has 0 unspecified atom stereocenters. The Labute approximate surface area is 168 Å². The van der Waals surface area contributed by atoms with Crippen LogP contribution in [0.25, 0.3) is 0 Å². The first-order valence-electron chi connectivity index (χ1n) is 9.40. The minimum Gasteiger partial charge on any atom is -0.534 e. The number of amides is 1. The lowest BCUT2D eigenvalue weighted by Crippen LogP contribution is -2.53. The second-order valence-corrected chi connectivity index (χ2v) is 7.57. The summed E-state index contributed by atoms with van der Waals surface area (Å²) in [6, 6.07) is 5.18. The number of esters is 1. The number of fused-ring (bicyclic) bond motifs is 1. The molecule has 0 saturated carbocycles. The van der Waals surface area contributed by atoms with Crippen molar-refractivity contribution < 1.29 is 24.0 Å². The molecule has 0 bridgehead atoms. The number of ether oxygens (including phenoxy) is 1. The number of hydrogen-bond acceptors (Lipinski definition) is 7. The number of para-hydroxylation sites is 1. The smallest absolute Gasteiger partial charge is 0.534 e. The molecule has 1 aliphatic heterocycles. The summed E-state index contributed by atoms with van der Waals surface area (Å²) in [6.45, 7) is 2.36. The summed E-state index contributed by atoms with van der Waals surface area (Å²) in [7, 11) is -1.24. The third kappa shape index (κ3) is 5.11. The third-order valence-corrected chi connectivity index (χ3v) is 5.31. The zero-order valence-electron chi connectivity index (χ0n) is 15.7. The van der Waals surface area contributed by atoms with Crippen LogP contribution in [0.4, 0.5) is 0 Å². The van der Waals surface area contributed by atoms with Crippen molar-refractivity contribution in [2.75, 3.05) is 6.61 Å². The molecule has 1 aromatic carbocycles. The van der Waals surface area contributed by atoms with Gasteiger partial charge in [0.15, 0.2) is 0 Å². The van der Waals surface area contributed by atoms with E-state index in [9.17, 15) is 14.6 Å². The Bertz CT molecular complexity index is 815. The van der Waals surface area contributed by atoms with Crippen LogP contribution in [0.2, 0.25) is 0 Å². The molecule has 0 spiro atoms. The van der Waals surface area contributed by atoms with E-state index in [1.165, 1.54) is 11.3 Å². The molecule has 148 valence electrons. The average molecular weight is 402 g/mol. The molecule has 28 heavy (non-hydrogen) atoms. The van der Waals surface area contributed by atoms with Gasteiger partial charge in [-0.05, 0) is 24.5 Å². The van der Waals surface area contributed by atoms with Gasteiger partial charge in [0.05, 0.1) is 17.6 Å². The van der Waals surface area contributed by atoms with Gasteiger partial charge in [-0.1, -0.05) is 25.5 Å². The van der Waals surface area contributed by atoms with Crippen LogP contribution in [0.15, 0.2) is 29.8 Å². The highest BCUT2D eigenvalue weighted by Gasteiger charge is 2.37. The lowest BCUT2D eigenvalue weighted by molar-refractivity contribution is -0.121. The van der Waals surface area contributed by atoms with Crippen LogP contribution in [0.3, 0.4) is 0 Å². The van der Waals surface area contributed by atoms with E-state index in [2.05, 4.69) is 10.3 Å². The number of aryl methyl sites for hydroxylation is 1. The normalized spacial score (nSPS) is 15.5. The maximum Gasteiger partial charge on any atom is 0.547 e. The Balaban J connectivity index is 1.61. The average Bonchev–Trinajstić information content (AvgIpc) is 3.20. The summed E-state index contributed by atoms with van der Waals surface area (Å²) in [4.78, 5) is 28.7. The fraction of sp³-hybridized carbons (Fsp3) is 0.421. The minimum absolute atomic E-state index is 0.179. The molecule has 2 N–H and O–H groups in total. The molecule has 0 radical (unpaired) electrons. The fourth-order valence-electron chi connectivity index (χ4n) is 2.97. The van der Waals surface area contributed by atoms with Gasteiger partial charge in [0.25, 0.3) is 0 Å². The number of carbonyl (C=O) groups excluding carboxylic acids is 2. The molecule has 2 aromatic rings. The van der Waals surface area contributed by atoms with Gasteiger partial charge < -0.3 is 19.7 Å². The first kappa shape index (κ1) is 20.4. The van der Waals surface area contributed by atoms with Gasteiger partial charge in [-0.3, -0.25) is 4.79 Å². The van der Waals surface area contributed by atoms with Crippen LogP contribution in [0, 0.1) is 0 Å². The van der Waals surface area contributed by atoms with Crippen LogP contribution >= 0.6 is 11.3 Å². The number of thiazole rings is 1. The monoisotopic (exact) mass is 402 g/mol. The zero-order chi connectivity index (χ0) is 19.9. The number of carbonyl (C=O) groups is 2. The van der Waals surface area contributed by atoms with Crippen molar-refractivity contribution in [1.29, 1.82) is 0 Å². The standard InChI is InChI=1S/C19H23BN2O5S/c1-2-3-10-26-19(24)14-6-4-5-13-12-15(20(25)27-18(13)14)22-16(23)7-8-17-21-9-11-28-17/h4-6,9,11,15,25H,2-3,7-8,10,12H2,1H3,(H,22,23)/t15-/m0/s1. The number of nitrogens with one attached hydrogen (secondary N) is 1. The van der Waals surface area contributed by atoms with Crippen LogP contribution in [-0.4, -0.2) is 41.6 Å². The van der Waals surface area contributed by atoms with Crippen molar-refractivity contribution in [3.05, 3.63) is 45.9 Å². The van der Waals surface area contributed by atoms with Crippen molar-refractivity contribution in [2.45, 2.75) is 45.0 Å². The van der Waals surface area contributed by atoms with Gasteiger partial charge in [-0.2, -0.15) is 0 Å². The predicted octanol–water partition coefficient (Wildman–Crippen LogP) is 2.17. The molecule has 1 amide bonds. The maximum atomic E-state index is 12.3.